The van der Waals surface area contributed by atoms with Crippen LogP contribution < -0.4 is 0 Å². The number of benzene rings is 1. The Morgan fingerprint density at radius 2 is 1.91 bits per heavy atom. The van der Waals surface area contributed by atoms with Crippen LogP contribution in [0.25, 0.3) is 0 Å². The number of nitrogens with zero attached hydrogens (tertiary/aromatic N) is 4. The Morgan fingerprint density at radius 3 is 2.51 bits per heavy atom. The first-order valence-electron chi connectivity index (χ1n) is 12.6. The molecule has 3 heterocycles. The molecule has 6 nitrogen and oxygen atoms in total. The smallest absolute Gasteiger partial charge is 0.257 e. The van der Waals surface area contributed by atoms with Crippen LogP contribution in [0.4, 0.5) is 4.39 Å². The number of likely N-dealkylation sites (tertiary alicyclic amines) is 1. The van der Waals surface area contributed by atoms with Crippen molar-refractivity contribution in [3.05, 3.63) is 76.3 Å². The molecule has 3 aromatic rings. The second-order valence-electron chi connectivity index (χ2n) is 9.75. The average molecular weight is 481 g/mol. The van der Waals surface area contributed by atoms with Crippen molar-refractivity contribution in [3.8, 4) is 0 Å². The molecule has 1 aliphatic rings. The highest BCUT2D eigenvalue weighted by molar-refractivity contribution is 5.95. The van der Waals surface area contributed by atoms with Crippen LogP contribution >= 0.6 is 0 Å². The van der Waals surface area contributed by atoms with E-state index in [9.17, 15) is 9.18 Å². The van der Waals surface area contributed by atoms with Crippen molar-refractivity contribution >= 4 is 5.91 Å². The second-order valence-corrected chi connectivity index (χ2v) is 9.75. The first kappa shape index (κ1) is 25.2. The fraction of sp³-hybridized carbons (Fsp3) is 0.500. The SMILES string of the molecule is CCn1nc(C)c(CN2CCC(C(Cc3ccccc3F)N(C)C(=O)c3ccoc3C)CC2)c1C. The number of amides is 1. The lowest BCUT2D eigenvalue weighted by molar-refractivity contribution is 0.0581. The number of rotatable bonds is 8. The van der Waals surface area contributed by atoms with Crippen LogP contribution in [-0.4, -0.2) is 51.7 Å². The predicted molar refractivity (Wildman–Crippen MR) is 135 cm³/mol. The maximum absolute atomic E-state index is 14.6. The average Bonchev–Trinajstić information content (AvgIpc) is 3.41. The van der Waals surface area contributed by atoms with E-state index in [1.165, 1.54) is 17.3 Å². The van der Waals surface area contributed by atoms with Crippen molar-refractivity contribution in [2.75, 3.05) is 20.1 Å². The minimum atomic E-state index is -0.214. The quantitative estimate of drug-likeness (QED) is 0.447. The molecule has 0 N–H and O–H groups in total. The van der Waals surface area contributed by atoms with Gasteiger partial charge in [0, 0.05) is 37.4 Å². The van der Waals surface area contributed by atoms with E-state index >= 15 is 0 Å². The van der Waals surface area contributed by atoms with Gasteiger partial charge in [0.2, 0.25) is 0 Å². The zero-order valence-electron chi connectivity index (χ0n) is 21.6. The number of carbonyl (C=O) groups excluding carboxylic acids is 1. The summed E-state index contributed by atoms with van der Waals surface area (Å²) < 4.78 is 22.0. The van der Waals surface area contributed by atoms with Crippen LogP contribution in [0.2, 0.25) is 0 Å². The third kappa shape index (κ3) is 5.35. The molecule has 4 rings (SSSR count). The van der Waals surface area contributed by atoms with Gasteiger partial charge in [-0.1, -0.05) is 18.2 Å². The van der Waals surface area contributed by atoms with E-state index in [1.54, 1.807) is 25.3 Å². The van der Waals surface area contributed by atoms with Crippen LogP contribution in [0, 0.1) is 32.5 Å². The van der Waals surface area contributed by atoms with Gasteiger partial charge in [-0.2, -0.15) is 5.10 Å². The number of halogens is 1. The number of furan rings is 1. The summed E-state index contributed by atoms with van der Waals surface area (Å²) in [5, 5.41) is 4.67. The highest BCUT2D eigenvalue weighted by Crippen LogP contribution is 2.29. The molecule has 1 unspecified atom stereocenters. The summed E-state index contributed by atoms with van der Waals surface area (Å²) in [5.74, 6) is 0.611. The van der Waals surface area contributed by atoms with Crippen LogP contribution in [0.3, 0.4) is 0 Å². The number of hydrogen-bond donors (Lipinski definition) is 0. The van der Waals surface area contributed by atoms with E-state index in [2.05, 4.69) is 35.5 Å². The minimum Gasteiger partial charge on any atom is -0.469 e. The summed E-state index contributed by atoms with van der Waals surface area (Å²) >= 11 is 0. The first-order chi connectivity index (χ1) is 16.8. The molecule has 0 bridgehead atoms. The molecule has 0 saturated carbocycles. The fourth-order valence-electron chi connectivity index (χ4n) is 5.45. The number of likely N-dealkylation sites (N-methyl/N-ethyl adjacent to an activating group) is 1. The number of aromatic nitrogens is 2. The van der Waals surface area contributed by atoms with Crippen molar-refractivity contribution in [2.24, 2.45) is 5.92 Å². The Hall–Kier alpha value is -2.93. The van der Waals surface area contributed by atoms with Gasteiger partial charge >= 0.3 is 0 Å². The summed E-state index contributed by atoms with van der Waals surface area (Å²) in [6.07, 6.45) is 3.96. The highest BCUT2D eigenvalue weighted by atomic mass is 19.1. The third-order valence-corrected chi connectivity index (χ3v) is 7.68. The maximum atomic E-state index is 14.6. The summed E-state index contributed by atoms with van der Waals surface area (Å²) in [4.78, 5) is 17.6. The Bertz CT molecular complexity index is 1160. The van der Waals surface area contributed by atoms with E-state index in [0.29, 0.717) is 23.3 Å². The molecule has 1 amide bonds. The lowest BCUT2D eigenvalue weighted by Crippen LogP contribution is -2.47. The molecule has 0 aliphatic carbocycles. The molecule has 188 valence electrons. The highest BCUT2D eigenvalue weighted by Gasteiger charge is 2.33. The molecule has 1 aliphatic heterocycles. The Labute approximate surface area is 207 Å². The molecule has 2 aromatic heterocycles. The maximum Gasteiger partial charge on any atom is 0.257 e. The summed E-state index contributed by atoms with van der Waals surface area (Å²) in [6, 6.07) is 8.52. The third-order valence-electron chi connectivity index (χ3n) is 7.68. The van der Waals surface area contributed by atoms with E-state index in [4.69, 9.17) is 4.42 Å². The number of hydrogen-bond acceptors (Lipinski definition) is 4. The van der Waals surface area contributed by atoms with Gasteiger partial charge in [0.25, 0.3) is 5.91 Å². The standard InChI is InChI=1S/C28H37FN4O2/c1-6-33-20(3)25(19(2)30-33)18-32-14-11-22(12-15-32)27(17-23-9-7-8-10-26(23)29)31(5)28(34)24-13-16-35-21(24)4/h7-10,13,16,22,27H,6,11-12,14-15,17-18H2,1-5H3. The lowest BCUT2D eigenvalue weighted by Gasteiger charge is -2.40. The van der Waals surface area contributed by atoms with E-state index < -0.39 is 0 Å². The van der Waals surface area contributed by atoms with Crippen molar-refractivity contribution in [3.63, 3.8) is 0 Å². The van der Waals surface area contributed by atoms with E-state index in [-0.39, 0.29) is 23.7 Å². The molecule has 1 aromatic carbocycles. The van der Waals surface area contributed by atoms with Crippen LogP contribution in [-0.2, 0) is 19.5 Å². The van der Waals surface area contributed by atoms with Crippen molar-refractivity contribution < 1.29 is 13.6 Å². The molecular formula is C28H37FN4O2. The topological polar surface area (TPSA) is 54.5 Å². The number of piperidine rings is 1. The van der Waals surface area contributed by atoms with E-state index in [0.717, 1.165) is 44.7 Å². The molecule has 1 saturated heterocycles. The van der Waals surface area contributed by atoms with Gasteiger partial charge in [0.15, 0.2) is 0 Å². The lowest BCUT2D eigenvalue weighted by atomic mass is 9.84. The Kier molecular flexibility index (Phi) is 7.75. The molecule has 35 heavy (non-hydrogen) atoms. The molecule has 1 atom stereocenters. The summed E-state index contributed by atoms with van der Waals surface area (Å²) in [7, 11) is 1.85. The van der Waals surface area contributed by atoms with Crippen molar-refractivity contribution in [1.29, 1.82) is 0 Å². The van der Waals surface area contributed by atoms with Gasteiger partial charge in [-0.15, -0.1) is 0 Å². The number of aryl methyl sites for hydroxylation is 3. The minimum absolute atomic E-state index is 0.0711. The molecule has 1 fully saturated rings. The van der Waals surface area contributed by atoms with Gasteiger partial charge in [-0.05, 0) is 83.7 Å². The van der Waals surface area contributed by atoms with Crippen LogP contribution in [0.15, 0.2) is 41.0 Å². The monoisotopic (exact) mass is 480 g/mol. The van der Waals surface area contributed by atoms with Crippen molar-refractivity contribution in [2.45, 2.75) is 66.1 Å². The summed E-state index contributed by atoms with van der Waals surface area (Å²) in [6.45, 7) is 11.8. The van der Waals surface area contributed by atoms with Gasteiger partial charge in [0.1, 0.15) is 11.6 Å². The normalized spacial score (nSPS) is 15.9. The Balaban J connectivity index is 1.50. The van der Waals surface area contributed by atoms with Crippen LogP contribution in [0.5, 0.6) is 0 Å². The summed E-state index contributed by atoms with van der Waals surface area (Å²) in [5.41, 5.74) is 4.88. The van der Waals surface area contributed by atoms with E-state index in [1.807, 2.05) is 24.1 Å². The Morgan fingerprint density at radius 1 is 1.20 bits per heavy atom. The second kappa shape index (κ2) is 10.8. The van der Waals surface area contributed by atoms with Gasteiger partial charge in [-0.25, -0.2) is 4.39 Å². The molecule has 0 spiro atoms. The zero-order valence-corrected chi connectivity index (χ0v) is 21.6. The van der Waals surface area contributed by atoms with Gasteiger partial charge in [0.05, 0.1) is 17.5 Å². The zero-order chi connectivity index (χ0) is 25.1. The fourth-order valence-corrected chi connectivity index (χ4v) is 5.45. The molecule has 7 heteroatoms. The predicted octanol–water partition coefficient (Wildman–Crippen LogP) is 5.16. The van der Waals surface area contributed by atoms with Crippen LogP contribution in [0.1, 0.15) is 58.4 Å². The van der Waals surface area contributed by atoms with Gasteiger partial charge in [-0.3, -0.25) is 14.4 Å². The van der Waals surface area contributed by atoms with Crippen molar-refractivity contribution in [1.82, 2.24) is 19.6 Å². The number of carbonyl (C=O) groups is 1. The largest absolute Gasteiger partial charge is 0.469 e. The molecule has 0 radical (unpaired) electrons. The first-order valence-corrected chi connectivity index (χ1v) is 12.6. The van der Waals surface area contributed by atoms with Gasteiger partial charge < -0.3 is 9.32 Å². The molecular weight excluding hydrogens is 443 g/mol.